The van der Waals surface area contributed by atoms with Crippen molar-refractivity contribution in [3.8, 4) is 11.5 Å². The van der Waals surface area contributed by atoms with Gasteiger partial charge in [-0.1, -0.05) is 58.1 Å². The minimum Gasteiger partial charge on any atom is -0.508 e. The quantitative estimate of drug-likeness (QED) is 0.0659. The minimum absolute atomic E-state index is 0.0233. The summed E-state index contributed by atoms with van der Waals surface area (Å²) in [5.74, 6) is -9.09. The SMILES string of the molecule is CCCCCCCCOCCOc1ccc(C(=O)N[C@H]2C[C@@H](O)[C@H](O)NC(=O)[C@@H]3[C@@H](O)[C@@H](C)CN3C(=O)[C@H]([C@@H](C)O)NC(=O)[C@H]([C@H](O)[C@@H](O)c3ccc(O)cc3)NC(=O)[C@@H]3C[C@@H](O)CN3C(=O)[C@H]([C@@H](C)O)NC2=O)cc1. The van der Waals surface area contributed by atoms with Crippen molar-refractivity contribution in [2.45, 2.75) is 164 Å². The third-order valence-electron chi connectivity index (χ3n) is 13.7. The topological polar surface area (TPSA) is 387 Å². The third kappa shape index (κ3) is 16.0. The minimum atomic E-state index is -2.29. The average Bonchev–Trinajstić information content (AvgIpc) is 3.93. The van der Waals surface area contributed by atoms with Crippen LogP contribution in [0.2, 0.25) is 0 Å². The number of nitrogens with zero attached hydrogens (tertiary/aromatic N) is 2. The second-order valence-electron chi connectivity index (χ2n) is 19.8. The van der Waals surface area contributed by atoms with E-state index in [-0.39, 0.29) is 30.0 Å². The van der Waals surface area contributed by atoms with Crippen LogP contribution in [0.15, 0.2) is 48.5 Å². The molecule has 25 heteroatoms. The second-order valence-corrected chi connectivity index (χ2v) is 19.8. The highest BCUT2D eigenvalue weighted by Gasteiger charge is 2.50. The van der Waals surface area contributed by atoms with E-state index in [9.17, 15) is 79.5 Å². The Morgan fingerprint density at radius 2 is 1.28 bits per heavy atom. The number of aliphatic hydroxyl groups excluding tert-OH is 8. The molecule has 0 unspecified atom stereocenters. The summed E-state index contributed by atoms with van der Waals surface area (Å²) in [6.07, 6.45) is -10.0. The van der Waals surface area contributed by atoms with E-state index in [0.717, 1.165) is 61.5 Å². The number of aliphatic hydroxyl groups is 8. The van der Waals surface area contributed by atoms with Gasteiger partial charge in [-0.25, -0.2) is 0 Å². The highest BCUT2D eigenvalue weighted by atomic mass is 16.5. The molecule has 0 radical (unpaired) electrons. The monoisotopic (exact) mass is 1070 g/mol. The Hall–Kier alpha value is -6.03. The number of hydrogen-bond donors (Lipinski definition) is 14. The van der Waals surface area contributed by atoms with E-state index >= 15 is 0 Å². The van der Waals surface area contributed by atoms with Crippen molar-refractivity contribution < 1.29 is 89.0 Å². The maximum absolute atomic E-state index is 14.4. The van der Waals surface area contributed by atoms with Gasteiger partial charge in [0, 0.05) is 44.0 Å². The molecular weight excluding hydrogens is 999 g/mol. The van der Waals surface area contributed by atoms with Gasteiger partial charge in [-0.3, -0.25) is 33.6 Å². The summed E-state index contributed by atoms with van der Waals surface area (Å²) in [7, 11) is 0. The van der Waals surface area contributed by atoms with E-state index in [1.165, 1.54) is 56.2 Å². The van der Waals surface area contributed by atoms with Crippen LogP contribution in [0.3, 0.4) is 0 Å². The molecule has 15 atom stereocenters. The zero-order valence-corrected chi connectivity index (χ0v) is 43.1. The first-order valence-corrected chi connectivity index (χ1v) is 25.7. The number of hydrogen-bond acceptors (Lipinski definition) is 18. The number of aromatic hydroxyl groups is 1. The van der Waals surface area contributed by atoms with Crippen molar-refractivity contribution in [1.82, 2.24) is 36.4 Å². The molecular formula is C51H75N7O18. The van der Waals surface area contributed by atoms with E-state index in [0.29, 0.717) is 19.0 Å². The molecule has 0 bridgehead atoms. The summed E-state index contributed by atoms with van der Waals surface area (Å²) in [6, 6.07) is -1.23. The van der Waals surface area contributed by atoms with Gasteiger partial charge in [-0.05, 0) is 62.2 Å². The van der Waals surface area contributed by atoms with Gasteiger partial charge in [0.15, 0.2) is 6.23 Å². The molecule has 3 saturated heterocycles. The maximum Gasteiger partial charge on any atom is 0.251 e. The molecule has 0 spiro atoms. The van der Waals surface area contributed by atoms with Gasteiger partial charge >= 0.3 is 0 Å². The summed E-state index contributed by atoms with van der Waals surface area (Å²) < 4.78 is 11.4. The van der Waals surface area contributed by atoms with Gasteiger partial charge in [0.2, 0.25) is 35.4 Å². The fourth-order valence-corrected chi connectivity index (χ4v) is 9.27. The zero-order valence-electron chi connectivity index (χ0n) is 43.1. The van der Waals surface area contributed by atoms with Crippen LogP contribution in [0.5, 0.6) is 11.5 Å². The predicted molar refractivity (Wildman–Crippen MR) is 267 cm³/mol. The van der Waals surface area contributed by atoms with Crippen LogP contribution in [0.1, 0.15) is 101 Å². The molecule has 5 rings (SSSR count). The van der Waals surface area contributed by atoms with E-state index in [1.54, 1.807) is 0 Å². The van der Waals surface area contributed by atoms with Crippen LogP contribution < -0.4 is 31.3 Å². The molecule has 2 aromatic carbocycles. The smallest absolute Gasteiger partial charge is 0.251 e. The molecule has 0 saturated carbocycles. The number of unbranched alkanes of at least 4 members (excludes halogenated alkanes) is 5. The molecule has 0 aliphatic carbocycles. The largest absolute Gasteiger partial charge is 0.508 e. The Kier molecular flexibility index (Phi) is 22.7. The van der Waals surface area contributed by atoms with Crippen LogP contribution in [0.25, 0.3) is 0 Å². The molecule has 3 aliphatic rings. The van der Waals surface area contributed by atoms with E-state index in [1.807, 2.05) is 0 Å². The van der Waals surface area contributed by atoms with Crippen LogP contribution in [0, 0.1) is 5.92 Å². The van der Waals surface area contributed by atoms with Crippen molar-refractivity contribution in [1.29, 1.82) is 0 Å². The molecule has 3 aliphatic heterocycles. The highest BCUT2D eigenvalue weighted by Crippen LogP contribution is 2.28. The Labute approximate surface area is 439 Å². The van der Waals surface area contributed by atoms with Crippen LogP contribution in [-0.4, -0.2) is 209 Å². The van der Waals surface area contributed by atoms with Gasteiger partial charge in [-0.2, -0.15) is 0 Å². The molecule has 0 aromatic heterocycles. The molecule has 3 heterocycles. The van der Waals surface area contributed by atoms with Crippen molar-refractivity contribution in [2.75, 3.05) is 32.9 Å². The zero-order chi connectivity index (χ0) is 56.0. The summed E-state index contributed by atoms with van der Waals surface area (Å²) >= 11 is 0. The number of ether oxygens (including phenoxy) is 2. The lowest BCUT2D eigenvalue weighted by atomic mass is 9.96. The van der Waals surface area contributed by atoms with Crippen molar-refractivity contribution in [3.05, 3.63) is 59.7 Å². The molecule has 422 valence electrons. The first-order valence-electron chi connectivity index (χ1n) is 25.7. The fourth-order valence-electron chi connectivity index (χ4n) is 9.27. The lowest BCUT2D eigenvalue weighted by Gasteiger charge is -2.34. The molecule has 7 amide bonds. The molecule has 76 heavy (non-hydrogen) atoms. The van der Waals surface area contributed by atoms with Gasteiger partial charge in [0.05, 0.1) is 31.0 Å². The summed E-state index contributed by atoms with van der Waals surface area (Å²) in [4.78, 5) is 101. The van der Waals surface area contributed by atoms with Gasteiger partial charge in [0.25, 0.3) is 5.91 Å². The van der Waals surface area contributed by atoms with E-state index in [4.69, 9.17) is 9.47 Å². The summed E-state index contributed by atoms with van der Waals surface area (Å²) in [5.41, 5.74) is -0.0970. The first-order chi connectivity index (χ1) is 36.0. The molecule has 3 fully saturated rings. The number of benzene rings is 2. The van der Waals surface area contributed by atoms with Crippen molar-refractivity contribution in [3.63, 3.8) is 0 Å². The van der Waals surface area contributed by atoms with Gasteiger partial charge in [0.1, 0.15) is 72.7 Å². The van der Waals surface area contributed by atoms with Crippen molar-refractivity contribution in [2.24, 2.45) is 5.92 Å². The molecule has 14 N–H and O–H groups in total. The Morgan fingerprint density at radius 1 is 0.684 bits per heavy atom. The number of nitrogens with one attached hydrogen (secondary N) is 5. The number of rotatable bonds is 18. The van der Waals surface area contributed by atoms with E-state index < -0.39 is 152 Å². The van der Waals surface area contributed by atoms with Gasteiger partial charge in [-0.15, -0.1) is 0 Å². The number of amides is 7. The Balaban J connectivity index is 1.46. The molecule has 25 nitrogen and oxygen atoms in total. The van der Waals surface area contributed by atoms with Crippen molar-refractivity contribution >= 4 is 41.4 Å². The number of phenols is 1. The average molecular weight is 1070 g/mol. The predicted octanol–water partition coefficient (Wildman–Crippen LogP) is -3.07. The number of carbonyl (C=O) groups is 7. The number of fused-ring (bicyclic) bond motifs is 2. The Morgan fingerprint density at radius 3 is 1.91 bits per heavy atom. The highest BCUT2D eigenvalue weighted by molar-refractivity contribution is 6.00. The third-order valence-corrected chi connectivity index (χ3v) is 13.7. The first kappa shape index (κ1) is 60.8. The van der Waals surface area contributed by atoms with E-state index in [2.05, 4.69) is 33.5 Å². The van der Waals surface area contributed by atoms with Crippen LogP contribution in [-0.2, 0) is 33.5 Å². The van der Waals surface area contributed by atoms with Crippen LogP contribution in [0.4, 0.5) is 0 Å². The Bertz CT molecular complexity index is 2270. The van der Waals surface area contributed by atoms with Crippen LogP contribution >= 0.6 is 0 Å². The lowest BCUT2D eigenvalue weighted by Crippen LogP contribution is -2.64. The second kappa shape index (κ2) is 28.4. The standard InChI is InChI=1S/C51H75N7O18/c1-5-6-7-8-9-10-19-75-20-21-76-33-17-13-30(14-18-33)44(67)52-34-23-36(63)47(70)56-49(72)40-41(64)26(2)24-58(40)51(74)38(28(4)60)54-48(71)39(43(66)42(65)29-11-15-31(61)16-12-29)55-46(69)35-22-32(62)25-57(35)50(73)37(27(3)59)53-45(34)68/h11-18,26-28,32,34-43,47,59-66,70H,5-10,19-25H2,1-4H3,(H,52,67)(H,53,68)(H,54,71)(H,55,69)(H,56,72)/t26-,27+,28+,32+,34-,35-,36+,37-,38-,39-,40-,41-,42-,43-,47-/m0/s1. The molecule has 2 aromatic rings. The maximum atomic E-state index is 14.4. The summed E-state index contributed by atoms with van der Waals surface area (Å²) in [6.45, 7) is 5.97. The lowest BCUT2D eigenvalue weighted by molar-refractivity contribution is -0.148. The number of phenolic OH excluding ortho intramolecular Hbond substituents is 1. The van der Waals surface area contributed by atoms with Gasteiger partial charge < -0.3 is 91.8 Å². The summed E-state index contributed by atoms with van der Waals surface area (Å²) in [5, 5.41) is 111. The normalized spacial score (nSPS) is 28.9. The fraction of sp³-hybridized carbons (Fsp3) is 0.627. The number of carbonyl (C=O) groups excluding carboxylic acids is 7.